The molecule has 2 N–H and O–H groups in total. The molecule has 0 saturated heterocycles. The molecule has 6 nitrogen and oxygen atoms in total. The van der Waals surface area contributed by atoms with E-state index < -0.39 is 0 Å². The topological polar surface area (TPSA) is 83.6 Å². The monoisotopic (exact) mass is 271 g/mol. The van der Waals surface area contributed by atoms with Crippen molar-refractivity contribution in [1.29, 1.82) is 0 Å². The Kier molecular flexibility index (Phi) is 3.22. The van der Waals surface area contributed by atoms with E-state index in [0.29, 0.717) is 23.7 Å². The van der Waals surface area contributed by atoms with Crippen molar-refractivity contribution in [2.45, 2.75) is 39.2 Å². The fraction of sp³-hybridized carbons (Fsp3) is 0.429. The molecule has 104 valence electrons. The number of aromatic nitrogens is 4. The maximum absolute atomic E-state index is 12.1. The number of hydrogen-bond acceptors (Lipinski definition) is 4. The molecule has 0 aliphatic heterocycles. The minimum atomic E-state index is -0.125. The van der Waals surface area contributed by atoms with Gasteiger partial charge in [-0.2, -0.15) is 5.10 Å². The third-order valence-electron chi connectivity index (χ3n) is 3.53. The predicted molar refractivity (Wildman–Crippen MR) is 73.2 cm³/mol. The van der Waals surface area contributed by atoms with Crippen molar-refractivity contribution in [3.05, 3.63) is 40.7 Å². The van der Waals surface area contributed by atoms with Crippen LogP contribution in [0.25, 0.3) is 0 Å². The predicted octanol–water partition coefficient (Wildman–Crippen LogP) is 1.62. The zero-order chi connectivity index (χ0) is 14.1. The van der Waals surface area contributed by atoms with Crippen LogP contribution in [0.4, 0.5) is 0 Å². The van der Waals surface area contributed by atoms with Crippen LogP contribution < -0.4 is 5.32 Å². The van der Waals surface area contributed by atoms with Gasteiger partial charge in [0.15, 0.2) is 0 Å². The SMILES string of the molecule is Cc1n[nH]c(C)c1C(=O)NCc1cc(C2CC2)ncn1. The molecule has 1 aliphatic carbocycles. The first-order chi connectivity index (χ1) is 9.65. The number of carbonyl (C=O) groups is 1. The quantitative estimate of drug-likeness (QED) is 0.885. The highest BCUT2D eigenvalue weighted by atomic mass is 16.1. The van der Waals surface area contributed by atoms with Crippen LogP contribution in [0.3, 0.4) is 0 Å². The minimum Gasteiger partial charge on any atom is -0.346 e. The van der Waals surface area contributed by atoms with Crippen molar-refractivity contribution in [2.75, 3.05) is 0 Å². The van der Waals surface area contributed by atoms with Crippen LogP contribution in [0.1, 0.15) is 51.9 Å². The highest BCUT2D eigenvalue weighted by Gasteiger charge is 2.25. The summed E-state index contributed by atoms with van der Waals surface area (Å²) in [6.45, 7) is 4.06. The maximum atomic E-state index is 12.1. The van der Waals surface area contributed by atoms with Gasteiger partial charge >= 0.3 is 0 Å². The van der Waals surface area contributed by atoms with Gasteiger partial charge in [0, 0.05) is 17.3 Å². The number of nitrogens with zero attached hydrogens (tertiary/aromatic N) is 3. The number of nitrogens with one attached hydrogen (secondary N) is 2. The van der Waals surface area contributed by atoms with E-state index in [0.717, 1.165) is 17.1 Å². The van der Waals surface area contributed by atoms with Crippen molar-refractivity contribution in [1.82, 2.24) is 25.5 Å². The Hall–Kier alpha value is -2.24. The van der Waals surface area contributed by atoms with Crippen LogP contribution >= 0.6 is 0 Å². The molecule has 0 bridgehead atoms. The van der Waals surface area contributed by atoms with Gasteiger partial charge in [-0.25, -0.2) is 9.97 Å². The molecule has 3 rings (SSSR count). The first kappa shape index (κ1) is 12.8. The summed E-state index contributed by atoms with van der Waals surface area (Å²) in [5, 5.41) is 9.72. The Labute approximate surface area is 117 Å². The Balaban J connectivity index is 1.67. The number of hydrogen-bond donors (Lipinski definition) is 2. The van der Waals surface area contributed by atoms with Gasteiger partial charge in [-0.3, -0.25) is 9.89 Å². The van der Waals surface area contributed by atoms with E-state index >= 15 is 0 Å². The maximum Gasteiger partial charge on any atom is 0.255 e. The van der Waals surface area contributed by atoms with Gasteiger partial charge in [0.05, 0.1) is 23.5 Å². The lowest BCUT2D eigenvalue weighted by Gasteiger charge is -2.06. The number of amides is 1. The van der Waals surface area contributed by atoms with Crippen LogP contribution in [0.15, 0.2) is 12.4 Å². The van der Waals surface area contributed by atoms with E-state index in [1.165, 1.54) is 12.8 Å². The molecule has 0 aromatic carbocycles. The zero-order valence-electron chi connectivity index (χ0n) is 11.6. The number of aromatic amines is 1. The highest BCUT2D eigenvalue weighted by molar-refractivity contribution is 5.96. The lowest BCUT2D eigenvalue weighted by molar-refractivity contribution is 0.0949. The summed E-state index contributed by atoms with van der Waals surface area (Å²) < 4.78 is 0. The molecule has 0 atom stereocenters. The van der Waals surface area contributed by atoms with Gasteiger partial charge in [0.1, 0.15) is 6.33 Å². The average molecular weight is 271 g/mol. The molecule has 2 aromatic rings. The summed E-state index contributed by atoms with van der Waals surface area (Å²) in [6, 6.07) is 1.98. The van der Waals surface area contributed by atoms with Crippen LogP contribution in [0.2, 0.25) is 0 Å². The first-order valence-electron chi connectivity index (χ1n) is 6.75. The molecule has 1 aliphatic rings. The number of H-pyrrole nitrogens is 1. The molecule has 6 heteroatoms. The molecule has 0 spiro atoms. The molecule has 2 heterocycles. The second kappa shape index (κ2) is 5.03. The number of rotatable bonds is 4. The van der Waals surface area contributed by atoms with E-state index in [9.17, 15) is 4.79 Å². The minimum absolute atomic E-state index is 0.125. The van der Waals surface area contributed by atoms with E-state index in [2.05, 4.69) is 25.5 Å². The van der Waals surface area contributed by atoms with Crippen molar-refractivity contribution < 1.29 is 4.79 Å². The second-order valence-electron chi connectivity index (χ2n) is 5.20. The number of aryl methyl sites for hydroxylation is 2. The molecule has 0 unspecified atom stereocenters. The van der Waals surface area contributed by atoms with Crippen molar-refractivity contribution in [3.8, 4) is 0 Å². The van der Waals surface area contributed by atoms with E-state index in [1.54, 1.807) is 6.33 Å². The summed E-state index contributed by atoms with van der Waals surface area (Å²) in [4.78, 5) is 20.6. The van der Waals surface area contributed by atoms with Gasteiger partial charge in [0.25, 0.3) is 5.91 Å². The molecule has 20 heavy (non-hydrogen) atoms. The van der Waals surface area contributed by atoms with Crippen molar-refractivity contribution in [3.63, 3.8) is 0 Å². The summed E-state index contributed by atoms with van der Waals surface area (Å²) >= 11 is 0. The first-order valence-corrected chi connectivity index (χ1v) is 6.75. The summed E-state index contributed by atoms with van der Waals surface area (Å²) in [6.07, 6.45) is 3.98. The fourth-order valence-electron chi connectivity index (χ4n) is 2.26. The lowest BCUT2D eigenvalue weighted by Crippen LogP contribution is -2.24. The highest BCUT2D eigenvalue weighted by Crippen LogP contribution is 2.38. The summed E-state index contributed by atoms with van der Waals surface area (Å²) in [5.41, 5.74) is 4.03. The van der Waals surface area contributed by atoms with E-state index in [-0.39, 0.29) is 5.91 Å². The Morgan fingerprint density at radius 1 is 1.40 bits per heavy atom. The van der Waals surface area contributed by atoms with E-state index in [4.69, 9.17) is 0 Å². The van der Waals surface area contributed by atoms with Gasteiger partial charge in [-0.05, 0) is 32.8 Å². The molecule has 1 fully saturated rings. The molecule has 1 amide bonds. The van der Waals surface area contributed by atoms with E-state index in [1.807, 2.05) is 19.9 Å². The number of carbonyl (C=O) groups excluding carboxylic acids is 1. The van der Waals surface area contributed by atoms with Crippen molar-refractivity contribution >= 4 is 5.91 Å². The van der Waals surface area contributed by atoms with Crippen LogP contribution in [0, 0.1) is 13.8 Å². The van der Waals surface area contributed by atoms with Gasteiger partial charge < -0.3 is 5.32 Å². The molecular weight excluding hydrogens is 254 g/mol. The third kappa shape index (κ3) is 2.54. The van der Waals surface area contributed by atoms with Crippen LogP contribution in [-0.4, -0.2) is 26.1 Å². The third-order valence-corrected chi connectivity index (χ3v) is 3.53. The normalized spacial score (nSPS) is 14.3. The Bertz CT molecular complexity index is 625. The second-order valence-corrected chi connectivity index (χ2v) is 5.20. The lowest BCUT2D eigenvalue weighted by atomic mass is 10.2. The smallest absolute Gasteiger partial charge is 0.255 e. The fourth-order valence-corrected chi connectivity index (χ4v) is 2.26. The Morgan fingerprint density at radius 2 is 2.20 bits per heavy atom. The van der Waals surface area contributed by atoms with Gasteiger partial charge in [-0.1, -0.05) is 0 Å². The molecular formula is C14H17N5O. The molecule has 1 saturated carbocycles. The molecule has 0 radical (unpaired) electrons. The zero-order valence-corrected chi connectivity index (χ0v) is 11.6. The van der Waals surface area contributed by atoms with Gasteiger partial charge in [0.2, 0.25) is 0 Å². The van der Waals surface area contributed by atoms with Crippen molar-refractivity contribution in [2.24, 2.45) is 0 Å². The van der Waals surface area contributed by atoms with Crippen LogP contribution in [0.5, 0.6) is 0 Å². The standard InChI is InChI=1S/C14H17N5O/c1-8-13(9(2)19-18-8)14(20)15-6-11-5-12(10-3-4-10)17-7-16-11/h5,7,10H,3-4,6H2,1-2H3,(H,15,20)(H,18,19). The van der Waals surface area contributed by atoms with Crippen LogP contribution in [-0.2, 0) is 6.54 Å². The van der Waals surface area contributed by atoms with Gasteiger partial charge in [-0.15, -0.1) is 0 Å². The largest absolute Gasteiger partial charge is 0.346 e. The summed E-state index contributed by atoms with van der Waals surface area (Å²) in [5.74, 6) is 0.464. The summed E-state index contributed by atoms with van der Waals surface area (Å²) in [7, 11) is 0. The molecule has 2 aromatic heterocycles. The Morgan fingerprint density at radius 3 is 2.85 bits per heavy atom. The average Bonchev–Trinajstić information content (AvgIpc) is 3.23.